The normalized spacial score (nSPS) is 50.7. The van der Waals surface area contributed by atoms with Gasteiger partial charge >= 0.3 is 5.97 Å². The molecule has 25 unspecified atom stereocenters. The van der Waals surface area contributed by atoms with E-state index >= 15 is 0 Å². The Balaban J connectivity index is 1.48. The molecule has 0 spiro atoms. The summed E-state index contributed by atoms with van der Waals surface area (Å²) in [5, 5.41) is 138. The second-order valence-electron chi connectivity index (χ2n) is 15.3. The number of halogens is 2. The Bertz CT molecular complexity index is 1390. The molecule has 0 aromatic rings. The number of aliphatic hydroxyl groups excluding tert-OH is 12. The largest absolute Gasteiger partial charge is 0.479 e. The van der Waals surface area contributed by atoms with E-state index in [0.717, 1.165) is 0 Å². The first-order valence-electron chi connectivity index (χ1n) is 18.9. The fourth-order valence-corrected chi connectivity index (χ4v) is 7.17. The first kappa shape index (κ1) is 49.4. The number of hydrogen-bond donors (Lipinski definition) is 14. The third-order valence-electron chi connectivity index (χ3n) is 10.9. The number of alkyl halides is 2. The first-order chi connectivity index (χ1) is 28.0. The molecule has 0 aromatic carbocycles. The van der Waals surface area contributed by atoms with Crippen LogP contribution < -0.4 is 5.73 Å². The second-order valence-corrected chi connectivity index (χ2v) is 15.3. The molecule has 15 N–H and O–H groups in total. The number of aliphatic hydroxyl groups is 12. The van der Waals surface area contributed by atoms with Crippen molar-refractivity contribution in [3.05, 3.63) is 0 Å². The summed E-state index contributed by atoms with van der Waals surface area (Å²) < 4.78 is 84.0. The van der Waals surface area contributed by atoms with E-state index in [1.165, 1.54) is 20.8 Å². The smallest absolute Gasteiger partial charge is 0.335 e. The summed E-state index contributed by atoms with van der Waals surface area (Å²) in [6.45, 7) is 0.328. The van der Waals surface area contributed by atoms with Gasteiger partial charge in [0.1, 0.15) is 104 Å². The number of carbonyl (C=O) groups is 1. The number of hydrogen-bond acceptors (Lipinski definition) is 24. The van der Waals surface area contributed by atoms with Crippen LogP contribution in [-0.4, -0.2) is 252 Å². The lowest BCUT2D eigenvalue weighted by molar-refractivity contribution is -0.406. The fourth-order valence-electron chi connectivity index (χ4n) is 7.17. The highest BCUT2D eigenvalue weighted by atomic mass is 19.3. The van der Waals surface area contributed by atoms with E-state index < -0.39 is 185 Å². The Kier molecular flexibility index (Phi) is 16.5. The summed E-state index contributed by atoms with van der Waals surface area (Å²) >= 11 is 0. The van der Waals surface area contributed by atoms with E-state index in [2.05, 4.69) is 0 Å². The van der Waals surface area contributed by atoms with E-state index in [0.29, 0.717) is 0 Å². The van der Waals surface area contributed by atoms with Crippen LogP contribution in [0, 0.1) is 0 Å². The van der Waals surface area contributed by atoms with Crippen molar-refractivity contribution < 1.29 is 127 Å². The summed E-state index contributed by atoms with van der Waals surface area (Å²) in [5.74, 6) is -5.49. The Morgan fingerprint density at radius 1 is 0.533 bits per heavy atom. The highest BCUT2D eigenvalue weighted by Gasteiger charge is 2.58. The number of aliphatic carboxylic acids is 1. The van der Waals surface area contributed by atoms with Gasteiger partial charge in [0.2, 0.25) is 0 Å². The van der Waals surface area contributed by atoms with Crippen LogP contribution in [0.4, 0.5) is 8.78 Å². The highest BCUT2D eigenvalue weighted by Crippen LogP contribution is 2.37. The Morgan fingerprint density at radius 2 is 0.950 bits per heavy atom. The third-order valence-corrected chi connectivity index (χ3v) is 10.9. The zero-order valence-corrected chi connectivity index (χ0v) is 32.2. The summed E-state index contributed by atoms with van der Waals surface area (Å²) in [4.78, 5) is 12.8. The SMILES string of the molecule is CC1OC(OC2C(C(=O)O)OC(OC3C(OC4C(OCC(F)(F)CN)OC(C)C(O)C4O)OC(C)C(O)C3O)C(O)C2OC2OC(CO)C(O)C(O)C2O)C(O)C(O)C1O. The van der Waals surface area contributed by atoms with Gasteiger partial charge in [-0.05, 0) is 20.8 Å². The molecule has 5 fully saturated rings. The first-order valence-corrected chi connectivity index (χ1v) is 18.9. The highest BCUT2D eigenvalue weighted by molar-refractivity contribution is 5.73. The fraction of sp³-hybridized carbons (Fsp3) is 0.970. The van der Waals surface area contributed by atoms with Crippen LogP contribution in [0.25, 0.3) is 0 Å². The average Bonchev–Trinajstić information content (AvgIpc) is 3.20. The van der Waals surface area contributed by atoms with Crippen molar-refractivity contribution in [2.45, 2.75) is 180 Å². The van der Waals surface area contributed by atoms with Crippen LogP contribution in [0.1, 0.15) is 20.8 Å². The molecule has 5 aliphatic heterocycles. The summed E-state index contributed by atoms with van der Waals surface area (Å²) in [6.07, 6.45) is -48.3. The van der Waals surface area contributed by atoms with Crippen molar-refractivity contribution in [2.75, 3.05) is 19.8 Å². The van der Waals surface area contributed by atoms with Crippen LogP contribution in [0.15, 0.2) is 0 Å². The molecule has 0 saturated carbocycles. The predicted molar refractivity (Wildman–Crippen MR) is 181 cm³/mol. The molecule has 350 valence electrons. The molecule has 5 heterocycles. The van der Waals surface area contributed by atoms with Gasteiger partial charge in [0.05, 0.1) is 31.5 Å². The topological polar surface area (TPSA) is 398 Å². The molecule has 27 heteroatoms. The Labute approximate surface area is 339 Å². The van der Waals surface area contributed by atoms with Crippen LogP contribution in [0.5, 0.6) is 0 Å². The van der Waals surface area contributed by atoms with Crippen LogP contribution in [0.3, 0.4) is 0 Å². The third kappa shape index (κ3) is 10.3. The molecule has 5 rings (SSSR count). The minimum absolute atomic E-state index is 0.954. The summed E-state index contributed by atoms with van der Waals surface area (Å²) in [5.41, 5.74) is 5.09. The van der Waals surface area contributed by atoms with E-state index in [9.17, 15) is 80.0 Å². The molecule has 25 nitrogen and oxygen atoms in total. The monoisotopic (exact) mass is 887 g/mol. The summed E-state index contributed by atoms with van der Waals surface area (Å²) in [6, 6.07) is 0. The maximum atomic E-state index is 14.1. The van der Waals surface area contributed by atoms with E-state index in [1.54, 1.807) is 0 Å². The minimum Gasteiger partial charge on any atom is -0.479 e. The minimum atomic E-state index is -3.59. The van der Waals surface area contributed by atoms with Gasteiger partial charge < -0.3 is 119 Å². The van der Waals surface area contributed by atoms with Gasteiger partial charge in [-0.3, -0.25) is 0 Å². The van der Waals surface area contributed by atoms with E-state index in [4.69, 9.17) is 53.1 Å². The maximum absolute atomic E-state index is 14.1. The number of rotatable bonds is 14. The lowest BCUT2D eigenvalue weighted by atomic mass is 9.95. The molecule has 0 radical (unpaired) electrons. The van der Waals surface area contributed by atoms with Gasteiger partial charge in [-0.1, -0.05) is 0 Å². The second kappa shape index (κ2) is 20.1. The van der Waals surface area contributed by atoms with Gasteiger partial charge in [0, 0.05) is 0 Å². The lowest BCUT2D eigenvalue weighted by Crippen LogP contribution is -2.69. The predicted octanol–water partition coefficient (Wildman–Crippen LogP) is -8.13. The molecular formula is C33H55F2NO24. The van der Waals surface area contributed by atoms with Gasteiger partial charge in [-0.15, -0.1) is 0 Å². The maximum Gasteiger partial charge on any atom is 0.335 e. The molecule has 25 atom stereocenters. The summed E-state index contributed by atoms with van der Waals surface area (Å²) in [7, 11) is 0. The van der Waals surface area contributed by atoms with Crippen LogP contribution >= 0.6 is 0 Å². The molecule has 0 aromatic heterocycles. The van der Waals surface area contributed by atoms with Crippen molar-refractivity contribution in [2.24, 2.45) is 5.73 Å². The van der Waals surface area contributed by atoms with E-state index in [-0.39, 0.29) is 0 Å². The number of ether oxygens (including phenoxy) is 10. The van der Waals surface area contributed by atoms with Gasteiger partial charge in [-0.2, -0.15) is 0 Å². The van der Waals surface area contributed by atoms with Gasteiger partial charge in [-0.25, -0.2) is 13.6 Å². The Morgan fingerprint density at radius 3 is 1.48 bits per heavy atom. The van der Waals surface area contributed by atoms with Crippen molar-refractivity contribution in [1.82, 2.24) is 0 Å². The van der Waals surface area contributed by atoms with Crippen molar-refractivity contribution >= 4 is 5.97 Å². The molecule has 60 heavy (non-hydrogen) atoms. The zero-order valence-electron chi connectivity index (χ0n) is 32.2. The van der Waals surface area contributed by atoms with Crippen molar-refractivity contribution in [3.8, 4) is 0 Å². The van der Waals surface area contributed by atoms with E-state index in [1.807, 2.05) is 0 Å². The molecule has 5 saturated heterocycles. The standard InChI is InChI=1S/C33H55F2NO24/c1-7-11(38)15(42)19(46)28(52-7)59-25-22(56-29-20(47)16(43)14(41)10(4-37)55-29)21(48)30(60-26(25)27(49)50)57-24-18(45)13(40)9(3)54-32(24)58-23-17(44)12(39)8(2)53-31(23)51-6-33(34,35)5-36/h7-26,28-32,37-48H,4-6,36H2,1-3H3,(H,49,50). The number of carboxylic acids is 1. The molecule has 0 aliphatic carbocycles. The molecule has 0 amide bonds. The average molecular weight is 888 g/mol. The lowest BCUT2D eigenvalue weighted by Gasteiger charge is -2.50. The molecule has 5 aliphatic rings. The van der Waals surface area contributed by atoms with Gasteiger partial charge in [0.15, 0.2) is 37.6 Å². The van der Waals surface area contributed by atoms with Crippen molar-refractivity contribution in [1.29, 1.82) is 0 Å². The Hall–Kier alpha value is -1.59. The van der Waals surface area contributed by atoms with Crippen LogP contribution in [0.2, 0.25) is 0 Å². The van der Waals surface area contributed by atoms with Crippen LogP contribution in [-0.2, 0) is 52.2 Å². The quantitative estimate of drug-likeness (QED) is 0.0770. The molecule has 0 bridgehead atoms. The number of carboxylic acid groups (broad SMARTS) is 1. The van der Waals surface area contributed by atoms with Crippen molar-refractivity contribution in [3.63, 3.8) is 0 Å². The number of nitrogens with two attached hydrogens (primary N) is 1. The molecular weight excluding hydrogens is 832 g/mol. The van der Waals surface area contributed by atoms with Gasteiger partial charge in [0.25, 0.3) is 5.92 Å². The zero-order chi connectivity index (χ0) is 44.7.